The number of hydrogen-bond donors (Lipinski definition) is 4. The summed E-state index contributed by atoms with van der Waals surface area (Å²) in [5.41, 5.74) is 1.78. The van der Waals surface area contributed by atoms with Gasteiger partial charge in [-0.2, -0.15) is 0 Å². The van der Waals surface area contributed by atoms with Crippen LogP contribution < -0.4 is 20.7 Å². The molecule has 3 aromatic rings. The van der Waals surface area contributed by atoms with Crippen LogP contribution in [0.5, 0.6) is 5.88 Å². The number of nitrogens with zero attached hydrogens (tertiary/aromatic N) is 3. The Balaban J connectivity index is 1.18. The Morgan fingerprint density at radius 2 is 2.11 bits per heavy atom. The number of methoxy groups -OCH3 is 1. The van der Waals surface area contributed by atoms with Gasteiger partial charge >= 0.3 is 0 Å². The lowest BCUT2D eigenvalue weighted by atomic mass is 9.81. The molecule has 0 saturated heterocycles. The van der Waals surface area contributed by atoms with Gasteiger partial charge in [0.25, 0.3) is 5.91 Å². The average Bonchev–Trinajstić information content (AvgIpc) is 2.88. The van der Waals surface area contributed by atoms with Gasteiger partial charge in [0.2, 0.25) is 11.8 Å². The van der Waals surface area contributed by atoms with Gasteiger partial charge in [-0.15, -0.1) is 11.8 Å². The second kappa shape index (κ2) is 9.76. The first kappa shape index (κ1) is 23.5. The van der Waals surface area contributed by atoms with Gasteiger partial charge < -0.3 is 25.8 Å². The summed E-state index contributed by atoms with van der Waals surface area (Å²) in [4.78, 5) is 38.8. The lowest BCUT2D eigenvalue weighted by Crippen LogP contribution is -2.48. The summed E-state index contributed by atoms with van der Waals surface area (Å²) in [6.45, 7) is 0.541. The predicted molar refractivity (Wildman–Crippen MR) is 132 cm³/mol. The number of aromatic nitrogens is 3. The van der Waals surface area contributed by atoms with E-state index in [0.29, 0.717) is 60.6 Å². The van der Waals surface area contributed by atoms with Crippen molar-refractivity contribution in [1.29, 1.82) is 0 Å². The fraction of sp³-hybridized carbons (Fsp3) is 0.375. The van der Waals surface area contributed by atoms with Crippen molar-refractivity contribution in [3.05, 3.63) is 42.4 Å². The quantitative estimate of drug-likeness (QED) is 0.407. The van der Waals surface area contributed by atoms with E-state index in [4.69, 9.17) is 4.74 Å². The minimum absolute atomic E-state index is 0.00728. The normalized spacial score (nSPS) is 21.8. The van der Waals surface area contributed by atoms with Crippen LogP contribution in [0.2, 0.25) is 0 Å². The zero-order valence-electron chi connectivity index (χ0n) is 19.2. The number of amides is 2. The number of carbonyl (C=O) groups is 2. The lowest BCUT2D eigenvalue weighted by Gasteiger charge is -2.35. The van der Waals surface area contributed by atoms with Crippen LogP contribution >= 0.6 is 11.8 Å². The van der Waals surface area contributed by atoms with Gasteiger partial charge in [0.15, 0.2) is 0 Å². The summed E-state index contributed by atoms with van der Waals surface area (Å²) in [5, 5.41) is 20.3. The average molecular weight is 495 g/mol. The van der Waals surface area contributed by atoms with E-state index in [1.54, 1.807) is 30.6 Å². The van der Waals surface area contributed by atoms with Crippen LogP contribution in [0.25, 0.3) is 11.0 Å². The SMILES string of the molecule is COc1ccc2nccc(NC(=O)[C@]3(O)CC[C@@H](NCc4cc5c(cn4)SCC(=O)N5)CC3)c2n1. The number of carbonyl (C=O) groups excluding carboxylic acids is 2. The fourth-order valence-electron chi connectivity index (χ4n) is 4.36. The third kappa shape index (κ3) is 5.07. The highest BCUT2D eigenvalue weighted by Crippen LogP contribution is 2.33. The predicted octanol–water partition coefficient (Wildman–Crippen LogP) is 2.48. The van der Waals surface area contributed by atoms with Crippen LogP contribution in [0.4, 0.5) is 11.4 Å². The molecular weight excluding hydrogens is 468 g/mol. The van der Waals surface area contributed by atoms with Crippen molar-refractivity contribution in [2.24, 2.45) is 0 Å². The Morgan fingerprint density at radius 3 is 2.91 bits per heavy atom. The van der Waals surface area contributed by atoms with Crippen LogP contribution in [0.3, 0.4) is 0 Å². The summed E-state index contributed by atoms with van der Waals surface area (Å²) < 4.78 is 5.19. The summed E-state index contributed by atoms with van der Waals surface area (Å²) in [6.07, 6.45) is 5.33. The number of anilines is 2. The van der Waals surface area contributed by atoms with E-state index in [2.05, 4.69) is 30.9 Å². The molecule has 2 aliphatic rings. The molecule has 35 heavy (non-hydrogen) atoms. The molecule has 1 aliphatic carbocycles. The molecule has 182 valence electrons. The molecule has 0 spiro atoms. The zero-order chi connectivity index (χ0) is 24.4. The number of rotatable bonds is 6. The van der Waals surface area contributed by atoms with E-state index in [0.717, 1.165) is 16.3 Å². The van der Waals surface area contributed by atoms with E-state index in [1.807, 2.05) is 6.07 Å². The van der Waals surface area contributed by atoms with Gasteiger partial charge in [0.1, 0.15) is 11.1 Å². The smallest absolute Gasteiger partial charge is 0.256 e. The Morgan fingerprint density at radius 1 is 1.29 bits per heavy atom. The molecule has 0 aromatic carbocycles. The Hall–Kier alpha value is -3.28. The van der Waals surface area contributed by atoms with Gasteiger partial charge in [0, 0.05) is 35.9 Å². The number of thioether (sulfide) groups is 1. The van der Waals surface area contributed by atoms with E-state index < -0.39 is 11.5 Å². The third-order valence-corrected chi connectivity index (χ3v) is 7.42. The van der Waals surface area contributed by atoms with E-state index in [9.17, 15) is 14.7 Å². The molecule has 0 radical (unpaired) electrons. The number of aliphatic hydroxyl groups is 1. The van der Waals surface area contributed by atoms with Gasteiger partial charge in [-0.25, -0.2) is 4.98 Å². The monoisotopic (exact) mass is 494 g/mol. The Labute approximate surface area is 206 Å². The van der Waals surface area contributed by atoms with Crippen molar-refractivity contribution >= 4 is 46.0 Å². The van der Waals surface area contributed by atoms with Crippen molar-refractivity contribution in [1.82, 2.24) is 20.3 Å². The van der Waals surface area contributed by atoms with Crippen molar-refractivity contribution in [2.45, 2.75) is 48.8 Å². The minimum atomic E-state index is -1.46. The number of fused-ring (bicyclic) bond motifs is 2. The summed E-state index contributed by atoms with van der Waals surface area (Å²) in [6, 6.07) is 7.18. The Bertz CT molecular complexity index is 1280. The maximum Gasteiger partial charge on any atom is 0.256 e. The second-order valence-corrected chi connectivity index (χ2v) is 9.75. The molecule has 10 nitrogen and oxygen atoms in total. The number of hydrogen-bond acceptors (Lipinski definition) is 9. The van der Waals surface area contributed by atoms with Crippen molar-refractivity contribution in [2.75, 3.05) is 23.5 Å². The van der Waals surface area contributed by atoms with Crippen LogP contribution in [0.15, 0.2) is 41.6 Å². The standard InChI is InChI=1S/C24H26N6O4S/c1-34-21-3-2-16-22(30-21)17(6-9-25-16)29-23(32)24(33)7-4-14(5-8-24)26-11-15-10-18-19(12-27-15)35-13-20(31)28-18/h2-3,6,9-10,12,14,26,33H,4-5,7-8,11,13H2,1H3,(H,28,31)(H,25,29,32)/t14-,24+. The van der Waals surface area contributed by atoms with Crippen LogP contribution in [-0.4, -0.2) is 56.4 Å². The molecule has 11 heteroatoms. The van der Waals surface area contributed by atoms with Gasteiger partial charge in [-0.3, -0.25) is 19.6 Å². The highest BCUT2D eigenvalue weighted by atomic mass is 32.2. The zero-order valence-corrected chi connectivity index (χ0v) is 20.0. The summed E-state index contributed by atoms with van der Waals surface area (Å²) in [7, 11) is 1.52. The fourth-order valence-corrected chi connectivity index (χ4v) is 5.11. The molecule has 1 fully saturated rings. The van der Waals surface area contributed by atoms with E-state index in [1.165, 1.54) is 18.9 Å². The van der Waals surface area contributed by atoms with Gasteiger partial charge in [0.05, 0.1) is 35.4 Å². The molecule has 0 unspecified atom stereocenters. The minimum Gasteiger partial charge on any atom is -0.481 e. The largest absolute Gasteiger partial charge is 0.481 e. The van der Waals surface area contributed by atoms with Gasteiger partial charge in [-0.05, 0) is 43.9 Å². The third-order valence-electron chi connectivity index (χ3n) is 6.38. The molecule has 4 heterocycles. The summed E-state index contributed by atoms with van der Waals surface area (Å²) in [5.74, 6) is 0.373. The molecule has 0 atom stereocenters. The molecule has 2 amide bonds. The molecule has 3 aromatic heterocycles. The van der Waals surface area contributed by atoms with E-state index >= 15 is 0 Å². The first-order chi connectivity index (χ1) is 16.9. The van der Waals surface area contributed by atoms with Crippen LogP contribution in [-0.2, 0) is 16.1 Å². The highest BCUT2D eigenvalue weighted by molar-refractivity contribution is 8.00. The van der Waals surface area contributed by atoms with Crippen molar-refractivity contribution in [3.8, 4) is 5.88 Å². The molecular formula is C24H26N6O4S. The molecule has 5 rings (SSSR count). The molecule has 4 N–H and O–H groups in total. The van der Waals surface area contributed by atoms with Crippen LogP contribution in [0, 0.1) is 0 Å². The van der Waals surface area contributed by atoms with Crippen molar-refractivity contribution in [3.63, 3.8) is 0 Å². The first-order valence-electron chi connectivity index (χ1n) is 11.4. The topological polar surface area (TPSA) is 138 Å². The van der Waals surface area contributed by atoms with Crippen molar-refractivity contribution < 1.29 is 19.4 Å². The maximum atomic E-state index is 13.0. The molecule has 1 aliphatic heterocycles. The maximum absolute atomic E-state index is 13.0. The number of ether oxygens (including phenoxy) is 1. The highest BCUT2D eigenvalue weighted by Gasteiger charge is 2.40. The summed E-state index contributed by atoms with van der Waals surface area (Å²) >= 11 is 1.48. The number of pyridine rings is 3. The number of nitrogens with one attached hydrogen (secondary N) is 3. The van der Waals surface area contributed by atoms with Crippen LogP contribution in [0.1, 0.15) is 31.4 Å². The first-order valence-corrected chi connectivity index (χ1v) is 12.4. The molecule has 0 bridgehead atoms. The lowest BCUT2D eigenvalue weighted by molar-refractivity contribution is -0.137. The van der Waals surface area contributed by atoms with E-state index in [-0.39, 0.29) is 11.9 Å². The second-order valence-electron chi connectivity index (χ2n) is 8.73. The molecule has 1 saturated carbocycles. The van der Waals surface area contributed by atoms with Gasteiger partial charge in [-0.1, -0.05) is 0 Å². The Kier molecular flexibility index (Phi) is 6.54.